The number of hydrogen-bond donors (Lipinski definition) is 1. The van der Waals surface area contributed by atoms with Gasteiger partial charge in [-0.15, -0.1) is 0 Å². The summed E-state index contributed by atoms with van der Waals surface area (Å²) in [7, 11) is 1.72. The molecule has 0 spiro atoms. The molecule has 0 aliphatic rings. The Morgan fingerprint density at radius 1 is 1.04 bits per heavy atom. The highest BCUT2D eigenvalue weighted by atomic mass is 19.1. The van der Waals surface area contributed by atoms with Crippen LogP contribution in [0.25, 0.3) is 16.9 Å². The largest absolute Gasteiger partial charge is 0.385 e. The quantitative estimate of drug-likeness (QED) is 0.586. The molecule has 0 fully saturated rings. The summed E-state index contributed by atoms with van der Waals surface area (Å²) in [5, 5.41) is 8.21. The van der Waals surface area contributed by atoms with E-state index in [1.165, 1.54) is 12.1 Å². The molecule has 0 saturated heterocycles. The molecule has 0 saturated carbocycles. The van der Waals surface area contributed by atoms with Crippen LogP contribution in [0.5, 0.6) is 0 Å². The van der Waals surface area contributed by atoms with Crippen molar-refractivity contribution in [3.63, 3.8) is 0 Å². The summed E-state index contributed by atoms with van der Waals surface area (Å²) in [4.78, 5) is 0. The highest BCUT2D eigenvalue weighted by Gasteiger charge is 2.12. The lowest BCUT2D eigenvalue weighted by Gasteiger charge is -2.05. The predicted molar refractivity (Wildman–Crippen MR) is 102 cm³/mol. The van der Waals surface area contributed by atoms with Gasteiger partial charge in [-0.3, -0.25) is 0 Å². The van der Waals surface area contributed by atoms with Crippen LogP contribution in [0.4, 0.5) is 4.39 Å². The maximum absolute atomic E-state index is 13.3. The van der Waals surface area contributed by atoms with E-state index in [0.29, 0.717) is 6.54 Å². The Morgan fingerprint density at radius 2 is 1.81 bits per heavy atom. The maximum atomic E-state index is 13.3. The summed E-state index contributed by atoms with van der Waals surface area (Å²) < 4.78 is 20.2. The van der Waals surface area contributed by atoms with Crippen LogP contribution in [-0.2, 0) is 11.3 Å². The molecule has 0 radical (unpaired) electrons. The number of para-hydroxylation sites is 1. The fraction of sp³-hybridized carbons (Fsp3) is 0.286. The van der Waals surface area contributed by atoms with Crippen LogP contribution in [0.1, 0.15) is 18.4 Å². The molecular formula is C21H24FN3O. The summed E-state index contributed by atoms with van der Waals surface area (Å²) in [6, 6.07) is 16.5. The molecule has 1 N–H and O–H groups in total. The summed E-state index contributed by atoms with van der Waals surface area (Å²) in [5.41, 5.74) is 3.88. The molecule has 1 heterocycles. The predicted octanol–water partition coefficient (Wildman–Crippen LogP) is 4.19. The van der Waals surface area contributed by atoms with Gasteiger partial charge in [0, 0.05) is 37.6 Å². The average molecular weight is 353 g/mol. The minimum atomic E-state index is -0.242. The van der Waals surface area contributed by atoms with Crippen molar-refractivity contribution in [1.29, 1.82) is 0 Å². The van der Waals surface area contributed by atoms with Gasteiger partial charge in [-0.05, 0) is 55.8 Å². The second kappa shape index (κ2) is 9.27. The van der Waals surface area contributed by atoms with Gasteiger partial charge in [-0.25, -0.2) is 9.07 Å². The number of hydrogen-bond acceptors (Lipinski definition) is 3. The lowest BCUT2D eigenvalue weighted by atomic mass is 10.1. The SMILES string of the molecule is COCCCCNCc1cn(-c2ccccc2)nc1-c1ccc(F)cc1. The van der Waals surface area contributed by atoms with E-state index in [4.69, 9.17) is 9.84 Å². The van der Waals surface area contributed by atoms with Crippen LogP contribution >= 0.6 is 0 Å². The fourth-order valence-corrected chi connectivity index (χ4v) is 2.82. The zero-order valence-electron chi connectivity index (χ0n) is 15.0. The number of ether oxygens (including phenoxy) is 1. The Labute approximate surface area is 153 Å². The van der Waals surface area contributed by atoms with Gasteiger partial charge in [0.15, 0.2) is 0 Å². The molecule has 3 rings (SSSR count). The van der Waals surface area contributed by atoms with Crippen molar-refractivity contribution in [3.8, 4) is 16.9 Å². The third-order valence-electron chi connectivity index (χ3n) is 4.20. The van der Waals surface area contributed by atoms with Crippen molar-refractivity contribution in [2.75, 3.05) is 20.3 Å². The van der Waals surface area contributed by atoms with Gasteiger partial charge in [0.25, 0.3) is 0 Å². The van der Waals surface area contributed by atoms with E-state index in [0.717, 1.165) is 48.5 Å². The summed E-state index contributed by atoms with van der Waals surface area (Å²) in [6.07, 6.45) is 4.14. The molecular weight excluding hydrogens is 329 g/mol. The number of methoxy groups -OCH3 is 1. The molecule has 0 aliphatic heterocycles. The Kier molecular flexibility index (Phi) is 6.52. The van der Waals surface area contributed by atoms with Gasteiger partial charge in [0.1, 0.15) is 5.82 Å². The molecule has 0 atom stereocenters. The van der Waals surface area contributed by atoms with Crippen LogP contribution in [0.2, 0.25) is 0 Å². The number of nitrogens with one attached hydrogen (secondary N) is 1. The highest BCUT2D eigenvalue weighted by Crippen LogP contribution is 2.24. The molecule has 2 aromatic carbocycles. The molecule has 0 amide bonds. The van der Waals surface area contributed by atoms with Crippen molar-refractivity contribution >= 4 is 0 Å². The van der Waals surface area contributed by atoms with Crippen LogP contribution in [0.15, 0.2) is 60.8 Å². The van der Waals surface area contributed by atoms with Gasteiger partial charge < -0.3 is 10.1 Å². The number of rotatable bonds is 9. The molecule has 5 heteroatoms. The summed E-state index contributed by atoms with van der Waals surface area (Å²) >= 11 is 0. The van der Waals surface area contributed by atoms with Gasteiger partial charge in [0.05, 0.1) is 11.4 Å². The number of benzene rings is 2. The van der Waals surface area contributed by atoms with Crippen molar-refractivity contribution in [1.82, 2.24) is 15.1 Å². The van der Waals surface area contributed by atoms with Crippen LogP contribution in [-0.4, -0.2) is 30.0 Å². The first-order valence-corrected chi connectivity index (χ1v) is 8.87. The minimum Gasteiger partial charge on any atom is -0.385 e. The molecule has 26 heavy (non-hydrogen) atoms. The average Bonchev–Trinajstić information content (AvgIpc) is 3.10. The van der Waals surface area contributed by atoms with E-state index in [2.05, 4.69) is 5.32 Å². The molecule has 0 bridgehead atoms. The molecule has 0 unspecified atom stereocenters. The number of halogens is 1. The number of unbranched alkanes of at least 4 members (excludes halogenated alkanes) is 1. The standard InChI is InChI=1S/C21H24FN3O/c1-26-14-6-5-13-23-15-18-16-25(20-7-3-2-4-8-20)24-21(18)17-9-11-19(22)12-10-17/h2-4,7-12,16,23H,5-6,13-15H2,1H3. The van der Waals surface area contributed by atoms with Crippen molar-refractivity contribution in [2.45, 2.75) is 19.4 Å². The molecule has 0 aliphatic carbocycles. The molecule has 4 nitrogen and oxygen atoms in total. The van der Waals surface area contributed by atoms with Crippen molar-refractivity contribution in [2.24, 2.45) is 0 Å². The zero-order valence-corrected chi connectivity index (χ0v) is 15.0. The lowest BCUT2D eigenvalue weighted by molar-refractivity contribution is 0.192. The van der Waals surface area contributed by atoms with E-state index in [1.807, 2.05) is 41.2 Å². The van der Waals surface area contributed by atoms with Crippen molar-refractivity contribution < 1.29 is 9.13 Å². The Balaban J connectivity index is 1.79. The Morgan fingerprint density at radius 3 is 2.54 bits per heavy atom. The first-order chi connectivity index (χ1) is 12.8. The van der Waals surface area contributed by atoms with E-state index in [9.17, 15) is 4.39 Å². The van der Waals surface area contributed by atoms with E-state index >= 15 is 0 Å². The minimum absolute atomic E-state index is 0.242. The molecule has 136 valence electrons. The normalized spacial score (nSPS) is 11.0. The topological polar surface area (TPSA) is 39.1 Å². The van der Waals surface area contributed by atoms with Crippen LogP contribution in [0.3, 0.4) is 0 Å². The highest BCUT2D eigenvalue weighted by molar-refractivity contribution is 5.63. The zero-order chi connectivity index (χ0) is 18.2. The summed E-state index contributed by atoms with van der Waals surface area (Å²) in [5.74, 6) is -0.242. The summed E-state index contributed by atoms with van der Waals surface area (Å²) in [6.45, 7) is 2.42. The smallest absolute Gasteiger partial charge is 0.123 e. The number of aromatic nitrogens is 2. The lowest BCUT2D eigenvalue weighted by Crippen LogP contribution is -2.15. The van der Waals surface area contributed by atoms with Gasteiger partial charge in [-0.2, -0.15) is 5.10 Å². The second-order valence-corrected chi connectivity index (χ2v) is 6.17. The van der Waals surface area contributed by atoms with Crippen molar-refractivity contribution in [3.05, 3.63) is 72.2 Å². The Hall–Kier alpha value is -2.50. The van der Waals surface area contributed by atoms with Gasteiger partial charge >= 0.3 is 0 Å². The van der Waals surface area contributed by atoms with Crippen LogP contribution in [0, 0.1) is 5.82 Å². The first-order valence-electron chi connectivity index (χ1n) is 8.87. The maximum Gasteiger partial charge on any atom is 0.123 e. The van der Waals surface area contributed by atoms with E-state index in [1.54, 1.807) is 19.2 Å². The molecule has 1 aromatic heterocycles. The number of nitrogens with zero attached hydrogens (tertiary/aromatic N) is 2. The molecule has 3 aromatic rings. The fourth-order valence-electron chi connectivity index (χ4n) is 2.82. The first kappa shape index (κ1) is 18.3. The van der Waals surface area contributed by atoms with Crippen LogP contribution < -0.4 is 5.32 Å². The van der Waals surface area contributed by atoms with E-state index < -0.39 is 0 Å². The third-order valence-corrected chi connectivity index (χ3v) is 4.20. The Bertz CT molecular complexity index is 800. The van der Waals surface area contributed by atoms with E-state index in [-0.39, 0.29) is 5.82 Å². The second-order valence-electron chi connectivity index (χ2n) is 6.17. The third kappa shape index (κ3) is 4.77. The van der Waals surface area contributed by atoms with Gasteiger partial charge in [0.2, 0.25) is 0 Å². The van der Waals surface area contributed by atoms with Gasteiger partial charge in [-0.1, -0.05) is 18.2 Å². The monoisotopic (exact) mass is 353 g/mol.